The zero-order chi connectivity index (χ0) is 32.5. The van der Waals surface area contributed by atoms with Crippen LogP contribution in [0.5, 0.6) is 23.0 Å². The van der Waals surface area contributed by atoms with Crippen molar-refractivity contribution >= 4 is 45.2 Å². The fraction of sp³-hybridized carbons (Fsp3) is 0.500. The van der Waals surface area contributed by atoms with Crippen molar-refractivity contribution in [3.05, 3.63) is 59.7 Å². The largest absolute Gasteiger partial charge is 0.545 e. The fourth-order valence-electron chi connectivity index (χ4n) is 4.55. The summed E-state index contributed by atoms with van der Waals surface area (Å²) in [6, 6.07) is 10.4. The van der Waals surface area contributed by atoms with E-state index in [4.69, 9.17) is 18.9 Å². The van der Waals surface area contributed by atoms with Gasteiger partial charge in [0.2, 0.25) is 13.6 Å². The second-order valence-corrected chi connectivity index (χ2v) is 15.1. The van der Waals surface area contributed by atoms with E-state index in [0.717, 1.165) is 23.3 Å². The van der Waals surface area contributed by atoms with Gasteiger partial charge in [-0.3, -0.25) is 0 Å². The van der Waals surface area contributed by atoms with Crippen LogP contribution in [0.25, 0.3) is 12.2 Å². The summed E-state index contributed by atoms with van der Waals surface area (Å²) >= 11 is 0.0736. The molecule has 244 valence electrons. The number of carbonyl (C=O) groups is 2. The molecule has 0 atom stereocenters. The number of hydrogen-bond acceptors (Lipinski definition) is 8. The monoisotopic (exact) mass is 728 g/mol. The fourth-order valence-corrected chi connectivity index (χ4v) is 8.12. The summed E-state index contributed by atoms with van der Waals surface area (Å²) in [7, 11) is 0. The molecule has 2 heterocycles. The number of carboxylic acids is 2. The Labute approximate surface area is 279 Å². The van der Waals surface area contributed by atoms with Gasteiger partial charge in [0.1, 0.15) is 0 Å². The van der Waals surface area contributed by atoms with Crippen LogP contribution in [0, 0.1) is 0 Å². The van der Waals surface area contributed by atoms with Gasteiger partial charge < -0.3 is 38.7 Å². The van der Waals surface area contributed by atoms with Crippen LogP contribution in [-0.2, 0) is 9.59 Å². The normalized spacial score (nSPS) is 12.3. The van der Waals surface area contributed by atoms with Gasteiger partial charge in [-0.25, -0.2) is 0 Å². The van der Waals surface area contributed by atoms with Gasteiger partial charge >= 0.3 is 121 Å². The van der Waals surface area contributed by atoms with E-state index in [2.05, 4.69) is 13.8 Å². The van der Waals surface area contributed by atoms with Gasteiger partial charge in [-0.15, -0.1) is 0 Å². The Morgan fingerprint density at radius 1 is 0.600 bits per heavy atom. The number of rotatable bonds is 18. The van der Waals surface area contributed by atoms with Crippen molar-refractivity contribution in [1.82, 2.24) is 0 Å². The third-order valence-corrected chi connectivity index (χ3v) is 11.1. The zero-order valence-electron chi connectivity index (χ0n) is 26.9. The van der Waals surface area contributed by atoms with E-state index in [0.29, 0.717) is 23.0 Å². The maximum atomic E-state index is 10.2. The Morgan fingerprint density at radius 2 is 0.978 bits per heavy atom. The molecule has 0 aromatic heterocycles. The summed E-state index contributed by atoms with van der Waals surface area (Å²) in [5.74, 6) is 0.174. The standard InChI is InChI=1S/2C10H8O4.2C8H17.Sn/c2*11-10(12)4-2-7-1-3-8-9(5-7)14-6-13-8;2*1-3-5-7-8-6-4-2;/h2*1-5H,6H2,(H,11,12);2*1,3-8H2,2H3;/q;;;;+2/p-2/b2*4-2+;;;. The molecule has 2 aromatic carbocycles. The van der Waals surface area contributed by atoms with Crippen LogP contribution in [-0.4, -0.2) is 46.7 Å². The number of benzene rings is 2. The van der Waals surface area contributed by atoms with Gasteiger partial charge in [0.05, 0.1) is 11.9 Å². The van der Waals surface area contributed by atoms with Gasteiger partial charge in [-0.05, 0) is 47.5 Å². The molecule has 0 aliphatic carbocycles. The Bertz CT molecular complexity index is 1100. The van der Waals surface area contributed by atoms with E-state index in [-0.39, 0.29) is 34.7 Å². The smallest absolute Gasteiger partial charge is 0.231 e. The molecule has 0 amide bonds. The molecule has 0 saturated heterocycles. The van der Waals surface area contributed by atoms with Crippen LogP contribution >= 0.6 is 0 Å². The molecule has 0 radical (unpaired) electrons. The Balaban J connectivity index is 0.000000236. The van der Waals surface area contributed by atoms with Crippen LogP contribution < -0.4 is 29.2 Å². The van der Waals surface area contributed by atoms with Crippen LogP contribution in [0.4, 0.5) is 0 Å². The molecule has 2 aliphatic rings. The number of hydrogen-bond donors (Lipinski definition) is 0. The molecule has 0 unspecified atom stereocenters. The van der Waals surface area contributed by atoms with E-state index in [1.165, 1.54) is 76.4 Å². The summed E-state index contributed by atoms with van der Waals surface area (Å²) < 4.78 is 23.8. The van der Waals surface area contributed by atoms with Gasteiger partial charge in [0, 0.05) is 0 Å². The molecule has 0 spiro atoms. The van der Waals surface area contributed by atoms with Crippen molar-refractivity contribution in [2.45, 2.75) is 99.8 Å². The quantitative estimate of drug-likeness (QED) is 0.0958. The summed E-state index contributed by atoms with van der Waals surface area (Å²) in [5, 5.41) is 20.3. The molecule has 0 bridgehead atoms. The molecule has 0 fully saturated rings. The van der Waals surface area contributed by atoms with Crippen LogP contribution in [0.1, 0.15) is 102 Å². The number of carboxylic acid groups (broad SMARTS) is 2. The van der Waals surface area contributed by atoms with Crippen LogP contribution in [0.3, 0.4) is 0 Å². The van der Waals surface area contributed by atoms with Gasteiger partial charge in [0.15, 0.2) is 23.0 Å². The van der Waals surface area contributed by atoms with E-state index < -0.39 is 11.9 Å². The number of carbonyl (C=O) groups excluding carboxylic acids is 2. The Kier molecular flexibility index (Phi) is 20.4. The minimum atomic E-state index is -1.22. The third kappa shape index (κ3) is 17.8. The van der Waals surface area contributed by atoms with Gasteiger partial charge in [-0.1, -0.05) is 24.3 Å². The van der Waals surface area contributed by atoms with Crippen molar-refractivity contribution in [3.8, 4) is 23.0 Å². The van der Waals surface area contributed by atoms with Gasteiger partial charge in [0.25, 0.3) is 0 Å². The van der Waals surface area contributed by atoms with Crippen molar-refractivity contribution in [2.24, 2.45) is 0 Å². The van der Waals surface area contributed by atoms with Crippen molar-refractivity contribution in [3.63, 3.8) is 0 Å². The molecule has 0 saturated carbocycles. The molecule has 2 aromatic rings. The number of unbranched alkanes of at least 4 members (excludes halogenated alkanes) is 10. The number of aliphatic carboxylic acids is 2. The van der Waals surface area contributed by atoms with Gasteiger partial charge in [-0.2, -0.15) is 0 Å². The first kappa shape index (κ1) is 38.0. The maximum Gasteiger partial charge on any atom is 0.231 e. The minimum Gasteiger partial charge on any atom is -0.545 e. The molecule has 0 N–H and O–H groups in total. The third-order valence-electron chi connectivity index (χ3n) is 7.03. The summed E-state index contributed by atoms with van der Waals surface area (Å²) in [6.07, 6.45) is 22.7. The molecule has 9 heteroatoms. The van der Waals surface area contributed by atoms with E-state index >= 15 is 0 Å². The maximum absolute atomic E-state index is 10.2. The Hall–Kier alpha value is -3.14. The van der Waals surface area contributed by atoms with Crippen LogP contribution in [0.2, 0.25) is 8.87 Å². The van der Waals surface area contributed by atoms with Crippen molar-refractivity contribution in [1.29, 1.82) is 0 Å². The van der Waals surface area contributed by atoms with E-state index in [1.807, 2.05) is 0 Å². The van der Waals surface area contributed by atoms with E-state index in [9.17, 15) is 19.8 Å². The van der Waals surface area contributed by atoms with E-state index in [1.54, 1.807) is 58.1 Å². The first-order chi connectivity index (χ1) is 21.9. The topological polar surface area (TPSA) is 117 Å². The molecular weight excluding hydrogens is 679 g/mol. The first-order valence-electron chi connectivity index (χ1n) is 16.2. The second kappa shape index (κ2) is 24.1. The number of ether oxygens (including phenoxy) is 4. The zero-order valence-corrected chi connectivity index (χ0v) is 29.7. The molecular formula is C36H48O8Sn. The summed E-state index contributed by atoms with van der Waals surface area (Å²) in [6.45, 7) is 5.02. The number of fused-ring (bicyclic) bond motifs is 2. The predicted octanol–water partition coefficient (Wildman–Crippen LogP) is 6.61. The average Bonchev–Trinajstić information content (AvgIpc) is 3.71. The SMILES string of the molecule is CCCCCCC[CH2][Sn+2][CH2]CCCCCCC.O=C([O-])/C=C/c1ccc2c(c1)OCO2.O=C([O-])/C=C/c1ccc2c(c1)OCO2. The average molecular weight is 727 g/mol. The molecule has 8 nitrogen and oxygen atoms in total. The molecule has 45 heavy (non-hydrogen) atoms. The first-order valence-corrected chi connectivity index (χ1v) is 20.2. The van der Waals surface area contributed by atoms with Crippen LogP contribution in [0.15, 0.2) is 48.6 Å². The molecule has 4 rings (SSSR count). The predicted molar refractivity (Wildman–Crippen MR) is 175 cm³/mol. The summed E-state index contributed by atoms with van der Waals surface area (Å²) in [4.78, 5) is 20.3. The second-order valence-electron chi connectivity index (χ2n) is 10.8. The molecule has 2 aliphatic heterocycles. The summed E-state index contributed by atoms with van der Waals surface area (Å²) in [5.41, 5.74) is 1.47. The Morgan fingerprint density at radius 3 is 1.38 bits per heavy atom. The van der Waals surface area contributed by atoms with Crippen molar-refractivity contribution in [2.75, 3.05) is 13.6 Å². The van der Waals surface area contributed by atoms with Crippen molar-refractivity contribution < 1.29 is 38.7 Å². The minimum absolute atomic E-state index is 0.0736.